The molecule has 0 radical (unpaired) electrons. The third-order valence-corrected chi connectivity index (χ3v) is 4.43. The Bertz CT molecular complexity index is 952. The summed E-state index contributed by atoms with van der Waals surface area (Å²) in [5.74, 6) is -0.604. The molecule has 3 aromatic rings. The molecule has 0 atom stereocenters. The van der Waals surface area contributed by atoms with Crippen molar-refractivity contribution in [2.45, 2.75) is 33.2 Å². The summed E-state index contributed by atoms with van der Waals surface area (Å²) < 4.78 is 20.9. The SMILES string of the molecule is CCOC(=O)CCc1nn(Cc2ccc(Cl)cc2F)c2cc(C)ccc12. The number of esters is 1. The summed E-state index contributed by atoms with van der Waals surface area (Å²) in [4.78, 5) is 11.7. The van der Waals surface area contributed by atoms with Crippen LogP contribution < -0.4 is 0 Å². The highest BCUT2D eigenvalue weighted by molar-refractivity contribution is 6.30. The summed E-state index contributed by atoms with van der Waals surface area (Å²) in [5, 5.41) is 5.96. The zero-order valence-electron chi connectivity index (χ0n) is 14.8. The third kappa shape index (κ3) is 4.05. The molecule has 0 saturated heterocycles. The third-order valence-electron chi connectivity index (χ3n) is 4.19. The smallest absolute Gasteiger partial charge is 0.306 e. The number of halogens is 2. The molecule has 0 spiro atoms. The minimum absolute atomic E-state index is 0.244. The second-order valence-corrected chi connectivity index (χ2v) is 6.60. The van der Waals surface area contributed by atoms with E-state index in [2.05, 4.69) is 5.10 Å². The van der Waals surface area contributed by atoms with E-state index >= 15 is 0 Å². The van der Waals surface area contributed by atoms with E-state index in [1.165, 1.54) is 6.07 Å². The zero-order valence-corrected chi connectivity index (χ0v) is 15.5. The number of hydrogen-bond acceptors (Lipinski definition) is 3. The van der Waals surface area contributed by atoms with Crippen molar-refractivity contribution in [3.8, 4) is 0 Å². The van der Waals surface area contributed by atoms with Crippen molar-refractivity contribution in [3.05, 3.63) is 64.1 Å². The van der Waals surface area contributed by atoms with Crippen molar-refractivity contribution >= 4 is 28.5 Å². The lowest BCUT2D eigenvalue weighted by Gasteiger charge is -2.06. The van der Waals surface area contributed by atoms with Gasteiger partial charge in [0, 0.05) is 22.4 Å². The molecule has 0 amide bonds. The van der Waals surface area contributed by atoms with Crippen molar-refractivity contribution in [2.24, 2.45) is 0 Å². The maximum absolute atomic E-state index is 14.2. The Labute approximate surface area is 156 Å². The highest BCUT2D eigenvalue weighted by Crippen LogP contribution is 2.23. The summed E-state index contributed by atoms with van der Waals surface area (Å²) in [6.45, 7) is 4.44. The lowest BCUT2D eigenvalue weighted by molar-refractivity contribution is -0.143. The molecule has 0 N–H and O–H groups in total. The molecule has 0 aliphatic heterocycles. The van der Waals surface area contributed by atoms with Gasteiger partial charge >= 0.3 is 5.97 Å². The van der Waals surface area contributed by atoms with Crippen LogP contribution in [0.15, 0.2) is 36.4 Å². The Morgan fingerprint density at radius 1 is 1.27 bits per heavy atom. The fourth-order valence-corrected chi connectivity index (χ4v) is 3.08. The van der Waals surface area contributed by atoms with Crippen LogP contribution in [-0.4, -0.2) is 22.4 Å². The molecule has 0 aliphatic rings. The molecule has 1 heterocycles. The molecule has 2 aromatic carbocycles. The molecule has 136 valence electrons. The van der Waals surface area contributed by atoms with E-state index in [0.29, 0.717) is 30.2 Å². The monoisotopic (exact) mass is 374 g/mol. The topological polar surface area (TPSA) is 44.1 Å². The average molecular weight is 375 g/mol. The quantitative estimate of drug-likeness (QED) is 0.588. The highest BCUT2D eigenvalue weighted by atomic mass is 35.5. The van der Waals surface area contributed by atoms with E-state index in [-0.39, 0.29) is 18.2 Å². The van der Waals surface area contributed by atoms with E-state index in [1.807, 2.05) is 25.1 Å². The Hall–Kier alpha value is -2.40. The van der Waals surface area contributed by atoms with Gasteiger partial charge in [-0.15, -0.1) is 0 Å². The first-order chi connectivity index (χ1) is 12.5. The molecule has 26 heavy (non-hydrogen) atoms. The predicted molar refractivity (Wildman–Crippen MR) is 99.9 cm³/mol. The van der Waals surface area contributed by atoms with Crippen LogP contribution in [-0.2, 0) is 22.5 Å². The average Bonchev–Trinajstić information content (AvgIpc) is 2.93. The number of aromatic nitrogens is 2. The second-order valence-electron chi connectivity index (χ2n) is 6.17. The fourth-order valence-electron chi connectivity index (χ4n) is 2.92. The van der Waals surface area contributed by atoms with Gasteiger partial charge in [-0.3, -0.25) is 9.48 Å². The van der Waals surface area contributed by atoms with Gasteiger partial charge in [0.15, 0.2) is 0 Å². The molecule has 6 heteroatoms. The van der Waals surface area contributed by atoms with E-state index < -0.39 is 0 Å². The largest absolute Gasteiger partial charge is 0.466 e. The van der Waals surface area contributed by atoms with Crippen LogP contribution in [0.5, 0.6) is 0 Å². The normalized spacial score (nSPS) is 11.1. The molecule has 0 saturated carbocycles. The molecule has 0 bridgehead atoms. The molecule has 0 fully saturated rings. The summed E-state index contributed by atoms with van der Waals surface area (Å²) >= 11 is 5.83. The number of carbonyl (C=O) groups is 1. The lowest BCUT2D eigenvalue weighted by atomic mass is 10.1. The van der Waals surface area contributed by atoms with E-state index in [9.17, 15) is 9.18 Å². The number of fused-ring (bicyclic) bond motifs is 1. The number of aryl methyl sites for hydroxylation is 2. The van der Waals surface area contributed by atoms with Crippen molar-refractivity contribution in [1.29, 1.82) is 0 Å². The maximum atomic E-state index is 14.2. The van der Waals surface area contributed by atoms with Gasteiger partial charge in [0.25, 0.3) is 0 Å². The first-order valence-corrected chi connectivity index (χ1v) is 8.91. The number of nitrogens with zero attached hydrogens (tertiary/aromatic N) is 2. The Balaban J connectivity index is 1.94. The lowest BCUT2D eigenvalue weighted by Crippen LogP contribution is -2.07. The zero-order chi connectivity index (χ0) is 18.7. The Morgan fingerprint density at radius 3 is 2.81 bits per heavy atom. The van der Waals surface area contributed by atoms with Crippen molar-refractivity contribution in [1.82, 2.24) is 9.78 Å². The van der Waals surface area contributed by atoms with Crippen LogP contribution in [0.25, 0.3) is 10.9 Å². The van der Waals surface area contributed by atoms with Crippen LogP contribution in [0.1, 0.15) is 30.2 Å². The minimum atomic E-state index is -0.359. The minimum Gasteiger partial charge on any atom is -0.466 e. The van der Waals surface area contributed by atoms with Crippen LogP contribution in [0, 0.1) is 12.7 Å². The first kappa shape index (κ1) is 18.4. The predicted octanol–water partition coefficient (Wildman–Crippen LogP) is 4.68. The maximum Gasteiger partial charge on any atom is 0.306 e. The Morgan fingerprint density at radius 2 is 2.08 bits per heavy atom. The number of carbonyl (C=O) groups excluding carboxylic acids is 1. The summed E-state index contributed by atoms with van der Waals surface area (Å²) in [5.41, 5.74) is 3.32. The highest BCUT2D eigenvalue weighted by Gasteiger charge is 2.14. The van der Waals surface area contributed by atoms with Gasteiger partial charge in [0.2, 0.25) is 0 Å². The van der Waals surface area contributed by atoms with Gasteiger partial charge < -0.3 is 4.74 Å². The van der Waals surface area contributed by atoms with Crippen LogP contribution in [0.4, 0.5) is 4.39 Å². The van der Waals surface area contributed by atoms with Gasteiger partial charge in [-0.2, -0.15) is 5.10 Å². The number of benzene rings is 2. The first-order valence-electron chi connectivity index (χ1n) is 8.53. The molecular weight excluding hydrogens is 355 g/mol. The van der Waals surface area contributed by atoms with E-state index in [0.717, 1.165) is 22.2 Å². The van der Waals surface area contributed by atoms with Gasteiger partial charge in [-0.05, 0) is 37.6 Å². The molecule has 3 rings (SSSR count). The van der Waals surface area contributed by atoms with Crippen LogP contribution >= 0.6 is 11.6 Å². The van der Waals surface area contributed by atoms with Crippen molar-refractivity contribution in [3.63, 3.8) is 0 Å². The summed E-state index contributed by atoms with van der Waals surface area (Å²) in [7, 11) is 0. The molecular formula is C20H20ClFN2O2. The number of ether oxygens (including phenoxy) is 1. The van der Waals surface area contributed by atoms with Crippen molar-refractivity contribution < 1.29 is 13.9 Å². The number of rotatable bonds is 6. The second kappa shape index (κ2) is 7.87. The standard InChI is InChI=1S/C20H20ClFN2O2/c1-3-26-20(25)9-8-18-16-7-4-13(2)10-19(16)24(23-18)12-14-5-6-15(21)11-17(14)22/h4-7,10-11H,3,8-9,12H2,1-2H3. The number of hydrogen-bond donors (Lipinski definition) is 0. The van der Waals surface area contributed by atoms with Gasteiger partial charge in [-0.25, -0.2) is 4.39 Å². The fraction of sp³-hybridized carbons (Fsp3) is 0.300. The molecule has 1 aromatic heterocycles. The van der Waals surface area contributed by atoms with Crippen molar-refractivity contribution in [2.75, 3.05) is 6.61 Å². The van der Waals surface area contributed by atoms with E-state index in [4.69, 9.17) is 16.3 Å². The molecule has 4 nitrogen and oxygen atoms in total. The van der Waals surface area contributed by atoms with Crippen LogP contribution in [0.3, 0.4) is 0 Å². The molecule has 0 aliphatic carbocycles. The van der Waals surface area contributed by atoms with Crippen LogP contribution in [0.2, 0.25) is 5.02 Å². The molecule has 0 unspecified atom stereocenters. The van der Waals surface area contributed by atoms with E-state index in [1.54, 1.807) is 23.7 Å². The van der Waals surface area contributed by atoms with Gasteiger partial charge in [0.1, 0.15) is 5.82 Å². The van der Waals surface area contributed by atoms with Gasteiger partial charge in [0.05, 0.1) is 30.8 Å². The summed E-state index contributed by atoms with van der Waals surface area (Å²) in [6, 6.07) is 10.6. The van der Waals surface area contributed by atoms with Gasteiger partial charge in [-0.1, -0.05) is 29.8 Å². The summed E-state index contributed by atoms with van der Waals surface area (Å²) in [6.07, 6.45) is 0.748. The Kier molecular flexibility index (Phi) is 5.57.